The Morgan fingerprint density at radius 1 is 0.956 bits per heavy atom. The van der Waals surface area contributed by atoms with E-state index < -0.39 is 18.0 Å². The number of ether oxygens (including phenoxy) is 3. The molecule has 4 aliphatic carbocycles. The van der Waals surface area contributed by atoms with Gasteiger partial charge >= 0.3 is 11.9 Å². The van der Waals surface area contributed by atoms with Crippen molar-refractivity contribution in [1.82, 2.24) is 4.90 Å². The number of nitrogens with zero attached hydrogens (tertiary/aromatic N) is 1. The van der Waals surface area contributed by atoms with Crippen molar-refractivity contribution in [3.05, 3.63) is 11.6 Å². The zero-order valence-electron chi connectivity index (χ0n) is 29.7. The van der Waals surface area contributed by atoms with Crippen LogP contribution in [0.15, 0.2) is 11.6 Å². The molecule has 0 bridgehead atoms. The van der Waals surface area contributed by atoms with Gasteiger partial charge in [-0.05, 0) is 112 Å². The van der Waals surface area contributed by atoms with E-state index in [-0.39, 0.29) is 51.0 Å². The molecular formula is C38H65NO6. The number of esters is 2. The summed E-state index contributed by atoms with van der Waals surface area (Å²) >= 11 is 0. The lowest BCUT2D eigenvalue weighted by atomic mass is 9.47. The Balaban J connectivity index is 1.32. The summed E-state index contributed by atoms with van der Waals surface area (Å²) in [7, 11) is 0. The van der Waals surface area contributed by atoms with Crippen LogP contribution in [0.5, 0.6) is 0 Å². The molecule has 3 saturated carbocycles. The largest absolute Gasteiger partial charge is 0.465 e. The van der Waals surface area contributed by atoms with Crippen molar-refractivity contribution in [3.63, 3.8) is 0 Å². The van der Waals surface area contributed by atoms with Crippen LogP contribution in [-0.2, 0) is 23.8 Å². The summed E-state index contributed by atoms with van der Waals surface area (Å²) in [6.07, 6.45) is 15.9. The van der Waals surface area contributed by atoms with E-state index in [0.717, 1.165) is 54.8 Å². The van der Waals surface area contributed by atoms with Gasteiger partial charge in [-0.25, -0.2) is 0 Å². The molecule has 45 heavy (non-hydrogen) atoms. The Hall–Kier alpha value is -1.44. The summed E-state index contributed by atoms with van der Waals surface area (Å²) in [6, 6.07) is 0. The lowest BCUT2D eigenvalue weighted by molar-refractivity contribution is -0.149. The van der Waals surface area contributed by atoms with Gasteiger partial charge in [0.15, 0.2) is 0 Å². The third-order valence-electron chi connectivity index (χ3n) is 12.6. The zero-order valence-corrected chi connectivity index (χ0v) is 29.7. The van der Waals surface area contributed by atoms with Gasteiger partial charge in [0.1, 0.15) is 0 Å². The minimum Gasteiger partial charge on any atom is -0.465 e. The lowest BCUT2D eigenvalue weighted by Gasteiger charge is -2.58. The van der Waals surface area contributed by atoms with Gasteiger partial charge in [-0.2, -0.15) is 0 Å². The second-order valence-electron chi connectivity index (χ2n) is 15.9. The zero-order chi connectivity index (χ0) is 32.8. The van der Waals surface area contributed by atoms with Crippen LogP contribution in [0.4, 0.5) is 0 Å². The molecule has 7 heteroatoms. The molecule has 7 nitrogen and oxygen atoms in total. The fourth-order valence-corrected chi connectivity index (χ4v) is 10.4. The van der Waals surface area contributed by atoms with Crippen LogP contribution < -0.4 is 0 Å². The monoisotopic (exact) mass is 631 g/mol. The Bertz CT molecular complexity index is 992. The number of carbonyl (C=O) groups is 2. The van der Waals surface area contributed by atoms with Crippen molar-refractivity contribution < 1.29 is 28.9 Å². The SMILES string of the molecule is CCOC(=O)CN(CC(=O)OCC)CC(O)CO[C@H]1CC[C@@]2(C)C(=CCC3C2CC[C@@]2(C)C3CC[C@@H]2[C@H](C)CCCC(C)C)C1. The first-order valence-corrected chi connectivity index (χ1v) is 18.4. The summed E-state index contributed by atoms with van der Waals surface area (Å²) < 4.78 is 16.4. The molecule has 4 rings (SSSR count). The molecule has 0 aliphatic heterocycles. The lowest BCUT2D eigenvalue weighted by Crippen LogP contribution is -2.51. The van der Waals surface area contributed by atoms with E-state index in [2.05, 4.69) is 40.7 Å². The van der Waals surface area contributed by atoms with Crippen LogP contribution in [0.2, 0.25) is 0 Å². The van der Waals surface area contributed by atoms with E-state index in [9.17, 15) is 14.7 Å². The fraction of sp³-hybridized carbons (Fsp3) is 0.895. The van der Waals surface area contributed by atoms with Crippen molar-refractivity contribution >= 4 is 11.9 Å². The summed E-state index contributed by atoms with van der Waals surface area (Å²) in [4.78, 5) is 25.8. The van der Waals surface area contributed by atoms with Gasteiger partial charge in [0.25, 0.3) is 0 Å². The molecule has 4 unspecified atom stereocenters. The van der Waals surface area contributed by atoms with Gasteiger partial charge in [-0.3, -0.25) is 14.5 Å². The van der Waals surface area contributed by atoms with Crippen LogP contribution >= 0.6 is 0 Å². The molecular weight excluding hydrogens is 566 g/mol. The Morgan fingerprint density at radius 3 is 2.29 bits per heavy atom. The average molecular weight is 632 g/mol. The van der Waals surface area contributed by atoms with E-state index >= 15 is 0 Å². The molecule has 0 aromatic rings. The average Bonchev–Trinajstić information content (AvgIpc) is 3.33. The highest BCUT2D eigenvalue weighted by atomic mass is 16.5. The van der Waals surface area contributed by atoms with Crippen molar-refractivity contribution in [2.75, 3.05) is 39.5 Å². The van der Waals surface area contributed by atoms with E-state index in [1.54, 1.807) is 24.3 Å². The van der Waals surface area contributed by atoms with E-state index in [4.69, 9.17) is 14.2 Å². The van der Waals surface area contributed by atoms with Gasteiger partial charge in [0, 0.05) is 6.54 Å². The Morgan fingerprint density at radius 2 is 1.64 bits per heavy atom. The standard InChI is InChI=1S/C38H65NO6/c1-8-43-35(41)23-39(24-36(42)44-9-2)22-29(40)25-45-30-17-19-37(6)28(21-30)13-14-31-33-16-15-32(27(5)12-10-11-26(3)4)38(33,7)20-18-34(31)37/h13,26-27,29-34,40H,8-12,14-25H2,1-7H3/t27-,29?,30+,31?,32-,33?,34?,37+,38-/m1/s1. The maximum absolute atomic E-state index is 12.1. The van der Waals surface area contributed by atoms with Gasteiger partial charge < -0.3 is 19.3 Å². The Kier molecular flexibility index (Phi) is 13.0. The molecule has 0 heterocycles. The number of carbonyl (C=O) groups excluding carboxylic acids is 2. The highest BCUT2D eigenvalue weighted by Gasteiger charge is 2.59. The number of allylic oxidation sites excluding steroid dienone is 1. The molecule has 0 amide bonds. The molecule has 0 aromatic carbocycles. The second kappa shape index (κ2) is 16.1. The van der Waals surface area contributed by atoms with Crippen LogP contribution in [0.25, 0.3) is 0 Å². The van der Waals surface area contributed by atoms with Gasteiger partial charge in [0.05, 0.1) is 45.1 Å². The maximum Gasteiger partial charge on any atom is 0.320 e. The van der Waals surface area contributed by atoms with Crippen LogP contribution in [0, 0.1) is 46.3 Å². The third-order valence-corrected chi connectivity index (χ3v) is 12.6. The summed E-state index contributed by atoms with van der Waals surface area (Å²) in [5.74, 6) is 4.14. The number of aliphatic hydroxyl groups excluding tert-OH is 1. The summed E-state index contributed by atoms with van der Waals surface area (Å²) in [5, 5.41) is 10.8. The Labute approximate surface area is 274 Å². The van der Waals surface area contributed by atoms with Crippen LogP contribution in [0.1, 0.15) is 119 Å². The van der Waals surface area contributed by atoms with Crippen molar-refractivity contribution in [1.29, 1.82) is 0 Å². The smallest absolute Gasteiger partial charge is 0.320 e. The maximum atomic E-state index is 12.1. The highest BCUT2D eigenvalue weighted by molar-refractivity contribution is 5.75. The molecule has 258 valence electrons. The van der Waals surface area contributed by atoms with Crippen molar-refractivity contribution in [2.45, 2.75) is 131 Å². The number of rotatable bonds is 16. The van der Waals surface area contributed by atoms with Gasteiger partial charge in [-0.15, -0.1) is 0 Å². The first-order valence-electron chi connectivity index (χ1n) is 18.4. The molecule has 0 aromatic heterocycles. The predicted octanol–water partition coefficient (Wildman–Crippen LogP) is 7.20. The number of hydrogen-bond acceptors (Lipinski definition) is 7. The first kappa shape index (κ1) is 36.4. The van der Waals surface area contributed by atoms with Crippen LogP contribution in [-0.4, -0.2) is 73.6 Å². The normalized spacial score (nSPS) is 34.0. The highest BCUT2D eigenvalue weighted by Crippen LogP contribution is 2.67. The molecule has 9 atom stereocenters. The van der Waals surface area contributed by atoms with Crippen LogP contribution in [0.3, 0.4) is 0 Å². The minimum atomic E-state index is -0.814. The van der Waals surface area contributed by atoms with Gasteiger partial charge in [0.2, 0.25) is 0 Å². The van der Waals surface area contributed by atoms with Crippen molar-refractivity contribution in [3.8, 4) is 0 Å². The summed E-state index contributed by atoms with van der Waals surface area (Å²) in [5.41, 5.74) is 2.35. The van der Waals surface area contributed by atoms with Gasteiger partial charge in [-0.1, -0.05) is 65.5 Å². The van der Waals surface area contributed by atoms with E-state index in [1.807, 2.05) is 0 Å². The quantitative estimate of drug-likeness (QED) is 0.142. The van der Waals surface area contributed by atoms with E-state index in [0.29, 0.717) is 5.41 Å². The molecule has 4 aliphatic rings. The number of aliphatic hydroxyl groups is 1. The first-order chi connectivity index (χ1) is 21.4. The summed E-state index contributed by atoms with van der Waals surface area (Å²) in [6.45, 7) is 16.7. The van der Waals surface area contributed by atoms with E-state index in [1.165, 1.54) is 51.4 Å². The molecule has 3 fully saturated rings. The second-order valence-corrected chi connectivity index (χ2v) is 15.9. The number of fused-ring (bicyclic) bond motifs is 5. The molecule has 0 spiro atoms. The minimum absolute atomic E-state index is 0.0707. The predicted molar refractivity (Wildman–Crippen MR) is 178 cm³/mol. The number of hydrogen-bond donors (Lipinski definition) is 1. The molecule has 0 radical (unpaired) electrons. The van der Waals surface area contributed by atoms with Crippen molar-refractivity contribution in [2.24, 2.45) is 46.3 Å². The fourth-order valence-electron chi connectivity index (χ4n) is 10.4. The molecule has 0 saturated heterocycles. The third kappa shape index (κ3) is 8.73. The topological polar surface area (TPSA) is 85.3 Å². The molecule has 1 N–H and O–H groups in total.